The highest BCUT2D eigenvalue weighted by molar-refractivity contribution is 5.13. The molecule has 3 aliphatic heterocycles. The Hall–Kier alpha value is -0.420. The molecular weight excluding hydrogens is 172 g/mol. The average molecular weight is 184 g/mol. The van der Waals surface area contributed by atoms with Crippen LogP contribution >= 0.6 is 0 Å². The van der Waals surface area contributed by atoms with Crippen molar-refractivity contribution in [2.24, 2.45) is 0 Å². The van der Waals surface area contributed by atoms with Gasteiger partial charge < -0.3 is 9.47 Å². The second-order valence-corrected chi connectivity index (χ2v) is 4.07. The third-order valence-corrected chi connectivity index (χ3v) is 2.58. The smallest absolute Gasteiger partial charge is 0.164 e. The molecule has 13 heavy (non-hydrogen) atoms. The summed E-state index contributed by atoms with van der Waals surface area (Å²) in [4.78, 5) is 10.2. The summed E-state index contributed by atoms with van der Waals surface area (Å²) in [6, 6.07) is 0. The minimum atomic E-state index is -0.519. The Labute approximate surface area is 76.3 Å². The molecule has 4 heteroatoms. The molecule has 2 saturated heterocycles. The summed E-state index contributed by atoms with van der Waals surface area (Å²) in [5.41, 5.74) is 0. The van der Waals surface area contributed by atoms with Gasteiger partial charge in [0.1, 0.15) is 24.4 Å². The van der Waals surface area contributed by atoms with Crippen LogP contribution in [0.15, 0.2) is 12.2 Å². The van der Waals surface area contributed by atoms with Crippen LogP contribution in [0.25, 0.3) is 0 Å². The van der Waals surface area contributed by atoms with Gasteiger partial charge in [0.15, 0.2) is 5.79 Å². The zero-order chi connectivity index (χ0) is 9.05. The molecular formula is C9H12O4. The lowest BCUT2D eigenvalue weighted by Crippen LogP contribution is -2.51. The fourth-order valence-corrected chi connectivity index (χ4v) is 2.07. The van der Waals surface area contributed by atoms with E-state index in [-0.39, 0.29) is 24.4 Å². The van der Waals surface area contributed by atoms with Crippen molar-refractivity contribution in [3.05, 3.63) is 12.2 Å². The topological polar surface area (TPSA) is 36.9 Å². The van der Waals surface area contributed by atoms with Gasteiger partial charge >= 0.3 is 0 Å². The molecule has 4 aliphatic rings. The van der Waals surface area contributed by atoms with Crippen LogP contribution < -0.4 is 0 Å². The largest absolute Gasteiger partial charge is 0.341 e. The van der Waals surface area contributed by atoms with Crippen LogP contribution in [0.1, 0.15) is 13.8 Å². The van der Waals surface area contributed by atoms with Crippen molar-refractivity contribution >= 4 is 0 Å². The van der Waals surface area contributed by atoms with E-state index in [1.165, 1.54) is 0 Å². The maximum absolute atomic E-state index is 5.71. The molecule has 3 heterocycles. The molecule has 0 amide bonds. The number of hydrogen-bond donors (Lipinski definition) is 0. The van der Waals surface area contributed by atoms with Crippen LogP contribution in [0.2, 0.25) is 0 Å². The van der Waals surface area contributed by atoms with E-state index in [1.807, 2.05) is 26.0 Å². The SMILES string of the molecule is CC1(C)O[C@@H]2[C@H](O1)[C@H]1C=C[C@@H]2OO1. The molecule has 0 aromatic heterocycles. The number of rotatable bonds is 0. The van der Waals surface area contributed by atoms with E-state index in [0.29, 0.717) is 0 Å². The molecule has 4 nitrogen and oxygen atoms in total. The average Bonchev–Trinajstić information content (AvgIpc) is 2.43. The van der Waals surface area contributed by atoms with Crippen LogP contribution in [0, 0.1) is 0 Å². The zero-order valence-electron chi connectivity index (χ0n) is 7.60. The minimum absolute atomic E-state index is 0.0150. The predicted octanol–water partition coefficient (Wildman–Crippen LogP) is 0.775. The first-order valence-electron chi connectivity index (χ1n) is 4.52. The second kappa shape index (κ2) is 2.33. The summed E-state index contributed by atoms with van der Waals surface area (Å²) in [5.74, 6) is -0.519. The Morgan fingerprint density at radius 2 is 1.38 bits per heavy atom. The van der Waals surface area contributed by atoms with E-state index in [9.17, 15) is 0 Å². The molecule has 0 unspecified atom stereocenters. The lowest BCUT2D eigenvalue weighted by molar-refractivity contribution is -0.388. The first kappa shape index (κ1) is 7.94. The Morgan fingerprint density at radius 1 is 0.923 bits per heavy atom. The van der Waals surface area contributed by atoms with Gasteiger partial charge in [0, 0.05) is 0 Å². The minimum Gasteiger partial charge on any atom is -0.341 e. The van der Waals surface area contributed by atoms with Gasteiger partial charge in [-0.1, -0.05) is 12.2 Å². The van der Waals surface area contributed by atoms with Crippen molar-refractivity contribution in [1.82, 2.24) is 0 Å². The number of fused-ring (bicyclic) bond motifs is 1. The summed E-state index contributed by atoms with van der Waals surface area (Å²) in [7, 11) is 0. The Bertz CT molecular complexity index is 236. The molecule has 72 valence electrons. The lowest BCUT2D eigenvalue weighted by Gasteiger charge is -2.36. The van der Waals surface area contributed by atoms with Gasteiger partial charge in [0.2, 0.25) is 0 Å². The molecule has 0 N–H and O–H groups in total. The Kier molecular flexibility index (Phi) is 1.42. The highest BCUT2D eigenvalue weighted by Crippen LogP contribution is 2.39. The van der Waals surface area contributed by atoms with Crippen molar-refractivity contribution < 1.29 is 19.2 Å². The normalized spacial score (nSPS) is 50.9. The van der Waals surface area contributed by atoms with E-state index in [4.69, 9.17) is 19.2 Å². The van der Waals surface area contributed by atoms with E-state index in [2.05, 4.69) is 0 Å². The van der Waals surface area contributed by atoms with Crippen molar-refractivity contribution in [1.29, 1.82) is 0 Å². The summed E-state index contributed by atoms with van der Waals surface area (Å²) in [5, 5.41) is 0. The third kappa shape index (κ3) is 1.07. The quantitative estimate of drug-likeness (QED) is 0.411. The molecule has 2 bridgehead atoms. The first-order valence-corrected chi connectivity index (χ1v) is 4.52. The highest BCUT2D eigenvalue weighted by Gasteiger charge is 2.54. The van der Waals surface area contributed by atoms with Crippen molar-refractivity contribution in [2.75, 3.05) is 0 Å². The molecule has 0 saturated carbocycles. The van der Waals surface area contributed by atoms with Gasteiger partial charge in [0.25, 0.3) is 0 Å². The van der Waals surface area contributed by atoms with E-state index < -0.39 is 5.79 Å². The molecule has 0 radical (unpaired) electrons. The van der Waals surface area contributed by atoms with Crippen LogP contribution in [0.3, 0.4) is 0 Å². The maximum atomic E-state index is 5.71. The molecule has 4 atom stereocenters. The molecule has 1 aliphatic carbocycles. The van der Waals surface area contributed by atoms with Gasteiger partial charge in [-0.05, 0) is 13.8 Å². The van der Waals surface area contributed by atoms with E-state index >= 15 is 0 Å². The maximum Gasteiger partial charge on any atom is 0.164 e. The Balaban J connectivity index is 1.92. The third-order valence-electron chi connectivity index (χ3n) is 2.58. The standard InChI is InChI=1S/C9H12O4/c1-9(2)10-7-5-3-4-6(13-12-5)8(7)11-9/h3-8H,1-2H3/t5-,6+,7-,8+. The molecule has 2 fully saturated rings. The number of ether oxygens (including phenoxy) is 2. The molecule has 0 aromatic rings. The van der Waals surface area contributed by atoms with E-state index in [1.54, 1.807) is 0 Å². The summed E-state index contributed by atoms with van der Waals surface area (Å²) in [6.07, 6.45) is 3.69. The summed E-state index contributed by atoms with van der Waals surface area (Å²) >= 11 is 0. The lowest BCUT2D eigenvalue weighted by atomic mass is 9.95. The van der Waals surface area contributed by atoms with Crippen LogP contribution in [-0.4, -0.2) is 30.2 Å². The summed E-state index contributed by atoms with van der Waals surface area (Å²) < 4.78 is 11.4. The van der Waals surface area contributed by atoms with Crippen molar-refractivity contribution in [3.8, 4) is 0 Å². The van der Waals surface area contributed by atoms with Gasteiger partial charge in [-0.25, -0.2) is 9.78 Å². The fourth-order valence-electron chi connectivity index (χ4n) is 2.07. The van der Waals surface area contributed by atoms with Gasteiger partial charge in [0.05, 0.1) is 0 Å². The van der Waals surface area contributed by atoms with Crippen LogP contribution in [0.4, 0.5) is 0 Å². The van der Waals surface area contributed by atoms with Gasteiger partial charge in [-0.15, -0.1) is 0 Å². The monoisotopic (exact) mass is 184 g/mol. The Morgan fingerprint density at radius 3 is 1.77 bits per heavy atom. The highest BCUT2D eigenvalue weighted by atomic mass is 17.2. The van der Waals surface area contributed by atoms with Crippen LogP contribution in [0.5, 0.6) is 0 Å². The van der Waals surface area contributed by atoms with E-state index in [0.717, 1.165) is 0 Å². The zero-order valence-corrected chi connectivity index (χ0v) is 7.60. The number of hydrogen-bond acceptors (Lipinski definition) is 4. The van der Waals surface area contributed by atoms with Gasteiger partial charge in [-0.3, -0.25) is 0 Å². The molecule has 0 spiro atoms. The molecule has 4 rings (SSSR count). The molecule has 0 aromatic carbocycles. The fraction of sp³-hybridized carbons (Fsp3) is 0.778. The summed E-state index contributed by atoms with van der Waals surface area (Å²) in [6.45, 7) is 3.82. The second-order valence-electron chi connectivity index (χ2n) is 4.07. The van der Waals surface area contributed by atoms with Crippen molar-refractivity contribution in [3.63, 3.8) is 0 Å². The first-order chi connectivity index (χ1) is 6.16. The predicted molar refractivity (Wildman–Crippen MR) is 42.7 cm³/mol. The van der Waals surface area contributed by atoms with Crippen molar-refractivity contribution in [2.45, 2.75) is 44.1 Å². The van der Waals surface area contributed by atoms with Crippen LogP contribution in [-0.2, 0) is 19.2 Å². The van der Waals surface area contributed by atoms with Gasteiger partial charge in [-0.2, -0.15) is 0 Å².